The van der Waals surface area contributed by atoms with Crippen LogP contribution in [0.15, 0.2) is 60.7 Å². The Labute approximate surface area is 115 Å². The van der Waals surface area contributed by atoms with Crippen molar-refractivity contribution in [2.45, 2.75) is 12.5 Å². The molecule has 1 atom stereocenters. The van der Waals surface area contributed by atoms with E-state index in [9.17, 15) is 0 Å². The van der Waals surface area contributed by atoms with Gasteiger partial charge in [0.05, 0.1) is 0 Å². The molecule has 3 rings (SSSR count). The second kappa shape index (κ2) is 5.89. The van der Waals surface area contributed by atoms with E-state index in [4.69, 9.17) is 0 Å². The molecule has 1 unspecified atom stereocenters. The topological polar surface area (TPSA) is 15.3 Å². The van der Waals surface area contributed by atoms with Crippen molar-refractivity contribution in [3.63, 3.8) is 0 Å². The average molecular weight is 252 g/mol. The van der Waals surface area contributed by atoms with Gasteiger partial charge in [-0.3, -0.25) is 0 Å². The van der Waals surface area contributed by atoms with E-state index >= 15 is 0 Å². The summed E-state index contributed by atoms with van der Waals surface area (Å²) in [5, 5.41) is 3.66. The fraction of sp³-hybridized carbons (Fsp3) is 0.294. The summed E-state index contributed by atoms with van der Waals surface area (Å²) in [4.78, 5) is 2.48. The molecule has 2 nitrogen and oxygen atoms in total. The van der Waals surface area contributed by atoms with Gasteiger partial charge in [0.25, 0.3) is 0 Å². The van der Waals surface area contributed by atoms with Crippen LogP contribution in [-0.4, -0.2) is 19.6 Å². The van der Waals surface area contributed by atoms with Gasteiger partial charge in [0, 0.05) is 24.8 Å². The van der Waals surface area contributed by atoms with Gasteiger partial charge in [0.1, 0.15) is 0 Å². The number of rotatable bonds is 2. The summed E-state index contributed by atoms with van der Waals surface area (Å²) in [5.41, 5.74) is 2.71. The van der Waals surface area contributed by atoms with Crippen LogP contribution in [0.1, 0.15) is 18.0 Å². The molecule has 1 N–H and O–H groups in total. The monoisotopic (exact) mass is 252 g/mol. The molecule has 0 saturated carbocycles. The molecule has 98 valence electrons. The number of anilines is 1. The van der Waals surface area contributed by atoms with Crippen molar-refractivity contribution in [2.24, 2.45) is 0 Å². The molecule has 0 bridgehead atoms. The number of hydrogen-bond donors (Lipinski definition) is 1. The van der Waals surface area contributed by atoms with Crippen LogP contribution >= 0.6 is 0 Å². The third kappa shape index (κ3) is 2.96. The highest BCUT2D eigenvalue weighted by atomic mass is 15.2. The van der Waals surface area contributed by atoms with Crippen molar-refractivity contribution in [3.8, 4) is 0 Å². The van der Waals surface area contributed by atoms with Crippen molar-refractivity contribution >= 4 is 5.69 Å². The Morgan fingerprint density at radius 2 is 1.58 bits per heavy atom. The van der Waals surface area contributed by atoms with Crippen molar-refractivity contribution in [1.29, 1.82) is 0 Å². The number of para-hydroxylation sites is 1. The highest BCUT2D eigenvalue weighted by Crippen LogP contribution is 2.21. The summed E-state index contributed by atoms with van der Waals surface area (Å²) in [6.07, 6.45) is 1.19. The lowest BCUT2D eigenvalue weighted by atomic mass is 10.1. The molecule has 0 amide bonds. The minimum Gasteiger partial charge on any atom is -0.370 e. The van der Waals surface area contributed by atoms with Gasteiger partial charge in [0.2, 0.25) is 0 Å². The van der Waals surface area contributed by atoms with Gasteiger partial charge in [-0.1, -0.05) is 48.5 Å². The summed E-state index contributed by atoms with van der Waals surface area (Å²) in [5.74, 6) is 0. The van der Waals surface area contributed by atoms with E-state index in [1.165, 1.54) is 17.7 Å². The summed E-state index contributed by atoms with van der Waals surface area (Å²) < 4.78 is 0. The molecule has 2 heteroatoms. The molecule has 1 aliphatic rings. The first-order valence-electron chi connectivity index (χ1n) is 7.02. The van der Waals surface area contributed by atoms with E-state index < -0.39 is 0 Å². The molecule has 19 heavy (non-hydrogen) atoms. The Balaban J connectivity index is 1.80. The normalized spacial score (nSPS) is 20.0. The molecule has 2 aromatic carbocycles. The molecular weight excluding hydrogens is 232 g/mol. The molecular formula is C17H20N2. The van der Waals surface area contributed by atoms with Crippen molar-refractivity contribution < 1.29 is 0 Å². The van der Waals surface area contributed by atoms with Gasteiger partial charge in [0.15, 0.2) is 0 Å². The molecule has 0 radical (unpaired) electrons. The Morgan fingerprint density at radius 1 is 0.895 bits per heavy atom. The molecule has 1 fully saturated rings. The Bertz CT molecular complexity index is 448. The van der Waals surface area contributed by atoms with Crippen LogP contribution in [0.25, 0.3) is 0 Å². The summed E-state index contributed by atoms with van der Waals surface area (Å²) in [6, 6.07) is 21.9. The lowest BCUT2D eigenvalue weighted by molar-refractivity contribution is 0.570. The van der Waals surface area contributed by atoms with Crippen molar-refractivity contribution in [2.75, 3.05) is 24.5 Å². The number of nitrogens with one attached hydrogen (secondary N) is 1. The van der Waals surface area contributed by atoms with Crippen LogP contribution in [0, 0.1) is 0 Å². The predicted molar refractivity (Wildman–Crippen MR) is 80.5 cm³/mol. The third-order valence-electron chi connectivity index (χ3n) is 3.72. The van der Waals surface area contributed by atoms with E-state index in [0.29, 0.717) is 6.04 Å². The Kier molecular flexibility index (Phi) is 3.80. The zero-order chi connectivity index (χ0) is 12.9. The van der Waals surface area contributed by atoms with E-state index in [0.717, 1.165) is 19.6 Å². The smallest absolute Gasteiger partial charge is 0.0498 e. The zero-order valence-electron chi connectivity index (χ0n) is 11.1. The highest BCUT2D eigenvalue weighted by molar-refractivity contribution is 5.46. The van der Waals surface area contributed by atoms with Crippen LogP contribution in [0.3, 0.4) is 0 Å². The average Bonchev–Trinajstić information content (AvgIpc) is 2.75. The predicted octanol–water partition coefficient (Wildman–Crippen LogP) is 3.23. The summed E-state index contributed by atoms with van der Waals surface area (Å²) in [6.45, 7) is 3.25. The van der Waals surface area contributed by atoms with E-state index in [1.54, 1.807) is 0 Å². The maximum absolute atomic E-state index is 3.66. The van der Waals surface area contributed by atoms with Gasteiger partial charge in [-0.25, -0.2) is 0 Å². The molecule has 1 saturated heterocycles. The number of nitrogens with zero attached hydrogens (tertiary/aromatic N) is 1. The van der Waals surface area contributed by atoms with Crippen LogP contribution in [0.4, 0.5) is 5.69 Å². The maximum atomic E-state index is 3.66. The minimum absolute atomic E-state index is 0.420. The van der Waals surface area contributed by atoms with Gasteiger partial charge < -0.3 is 10.2 Å². The fourth-order valence-electron chi connectivity index (χ4n) is 2.70. The highest BCUT2D eigenvalue weighted by Gasteiger charge is 2.18. The second-order valence-electron chi connectivity index (χ2n) is 5.05. The van der Waals surface area contributed by atoms with E-state index in [1.807, 2.05) is 0 Å². The molecule has 2 aromatic rings. The number of hydrogen-bond acceptors (Lipinski definition) is 2. The largest absolute Gasteiger partial charge is 0.370 e. The zero-order valence-corrected chi connectivity index (χ0v) is 11.1. The van der Waals surface area contributed by atoms with Crippen molar-refractivity contribution in [1.82, 2.24) is 5.32 Å². The second-order valence-corrected chi connectivity index (χ2v) is 5.05. The first-order valence-corrected chi connectivity index (χ1v) is 7.02. The Hall–Kier alpha value is -1.80. The SMILES string of the molecule is c1ccc(C2CN(c3ccccc3)CCCN2)cc1. The standard InChI is InChI=1S/C17H20N2/c1-3-8-15(9-4-1)17-14-19(13-7-12-18-17)16-10-5-2-6-11-16/h1-6,8-11,17-18H,7,12-14H2. The first-order chi connectivity index (χ1) is 9.43. The van der Waals surface area contributed by atoms with Crippen LogP contribution in [0.2, 0.25) is 0 Å². The lowest BCUT2D eigenvalue weighted by Gasteiger charge is -2.26. The van der Waals surface area contributed by atoms with Gasteiger partial charge in [-0.05, 0) is 30.7 Å². The van der Waals surface area contributed by atoms with Gasteiger partial charge >= 0.3 is 0 Å². The van der Waals surface area contributed by atoms with Gasteiger partial charge in [-0.15, -0.1) is 0 Å². The van der Waals surface area contributed by atoms with Crippen LogP contribution in [0.5, 0.6) is 0 Å². The fourth-order valence-corrected chi connectivity index (χ4v) is 2.70. The molecule has 1 aliphatic heterocycles. The van der Waals surface area contributed by atoms with Gasteiger partial charge in [-0.2, -0.15) is 0 Å². The van der Waals surface area contributed by atoms with E-state index in [2.05, 4.69) is 70.9 Å². The molecule has 1 heterocycles. The quantitative estimate of drug-likeness (QED) is 0.882. The molecule has 0 aliphatic carbocycles. The molecule has 0 aromatic heterocycles. The maximum Gasteiger partial charge on any atom is 0.0498 e. The van der Waals surface area contributed by atoms with Crippen LogP contribution < -0.4 is 10.2 Å². The van der Waals surface area contributed by atoms with E-state index in [-0.39, 0.29) is 0 Å². The molecule has 0 spiro atoms. The Morgan fingerprint density at radius 3 is 2.32 bits per heavy atom. The minimum atomic E-state index is 0.420. The third-order valence-corrected chi connectivity index (χ3v) is 3.72. The summed E-state index contributed by atoms with van der Waals surface area (Å²) in [7, 11) is 0. The summed E-state index contributed by atoms with van der Waals surface area (Å²) >= 11 is 0. The number of benzene rings is 2. The van der Waals surface area contributed by atoms with Crippen molar-refractivity contribution in [3.05, 3.63) is 66.2 Å². The first kappa shape index (κ1) is 12.2. The lowest BCUT2D eigenvalue weighted by Crippen LogP contribution is -2.31. The van der Waals surface area contributed by atoms with Crippen LogP contribution in [-0.2, 0) is 0 Å².